The third kappa shape index (κ3) is 3.80. The lowest BCUT2D eigenvalue weighted by molar-refractivity contribution is 0.418. The van der Waals surface area contributed by atoms with Gasteiger partial charge in [-0.15, -0.1) is 0 Å². The molecule has 4 rings (SSSR count). The van der Waals surface area contributed by atoms with Crippen LogP contribution in [-0.2, 0) is 6.42 Å². The number of pyridine rings is 2. The zero-order valence-corrected chi connectivity index (χ0v) is 14.5. The Morgan fingerprint density at radius 1 is 1.04 bits per heavy atom. The zero-order chi connectivity index (χ0) is 19.5. The molecule has 0 aliphatic carbocycles. The standard InChI is InChI=1S/C20H14F2N4O2/c21-13-3-1-4-15(9-13)27-20-17(22)8-12(11-25-20)7-14-10-18(28-26-14)16-5-2-6-24-19(16)23/h1-6,8-11H,7H2,(H2,23,24). The van der Waals surface area contributed by atoms with E-state index >= 15 is 0 Å². The van der Waals surface area contributed by atoms with Crippen LogP contribution in [-0.4, -0.2) is 15.1 Å². The summed E-state index contributed by atoms with van der Waals surface area (Å²) >= 11 is 0. The molecule has 0 aliphatic heterocycles. The molecule has 140 valence electrons. The number of ether oxygens (including phenoxy) is 1. The van der Waals surface area contributed by atoms with Gasteiger partial charge in [0.05, 0.1) is 11.3 Å². The lowest BCUT2D eigenvalue weighted by atomic mass is 10.1. The molecule has 0 fully saturated rings. The van der Waals surface area contributed by atoms with Gasteiger partial charge in [0.25, 0.3) is 5.88 Å². The molecule has 8 heteroatoms. The Bertz CT molecular complexity index is 1130. The SMILES string of the molecule is Nc1ncccc1-c1cc(Cc2cnc(Oc3cccc(F)c3)c(F)c2)no1. The van der Waals surface area contributed by atoms with Crippen molar-refractivity contribution in [2.45, 2.75) is 6.42 Å². The van der Waals surface area contributed by atoms with Crippen molar-refractivity contribution in [1.82, 2.24) is 15.1 Å². The molecule has 1 aromatic carbocycles. The molecule has 2 N–H and O–H groups in total. The summed E-state index contributed by atoms with van der Waals surface area (Å²) in [7, 11) is 0. The smallest absolute Gasteiger partial charge is 0.255 e. The molecule has 6 nitrogen and oxygen atoms in total. The highest BCUT2D eigenvalue weighted by Gasteiger charge is 2.13. The van der Waals surface area contributed by atoms with E-state index in [0.717, 1.165) is 6.07 Å². The topological polar surface area (TPSA) is 87.1 Å². The predicted molar refractivity (Wildman–Crippen MR) is 97.6 cm³/mol. The van der Waals surface area contributed by atoms with Gasteiger partial charge in [-0.1, -0.05) is 11.2 Å². The number of halogens is 2. The van der Waals surface area contributed by atoms with Gasteiger partial charge in [-0.2, -0.15) is 0 Å². The average Bonchev–Trinajstić information content (AvgIpc) is 3.13. The van der Waals surface area contributed by atoms with Crippen LogP contribution in [0, 0.1) is 11.6 Å². The molecular weight excluding hydrogens is 366 g/mol. The van der Waals surface area contributed by atoms with Gasteiger partial charge in [0.1, 0.15) is 17.4 Å². The van der Waals surface area contributed by atoms with Crippen LogP contribution in [0.5, 0.6) is 11.6 Å². The van der Waals surface area contributed by atoms with Gasteiger partial charge in [0.2, 0.25) is 0 Å². The van der Waals surface area contributed by atoms with Gasteiger partial charge in [0, 0.05) is 30.9 Å². The number of anilines is 1. The largest absolute Gasteiger partial charge is 0.436 e. The quantitative estimate of drug-likeness (QED) is 0.553. The van der Waals surface area contributed by atoms with Crippen LogP contribution in [0.15, 0.2) is 65.4 Å². The van der Waals surface area contributed by atoms with E-state index in [0.29, 0.717) is 34.8 Å². The van der Waals surface area contributed by atoms with E-state index in [1.54, 1.807) is 24.4 Å². The fourth-order valence-corrected chi connectivity index (χ4v) is 2.64. The zero-order valence-electron chi connectivity index (χ0n) is 14.5. The highest BCUT2D eigenvalue weighted by molar-refractivity contribution is 5.69. The molecule has 3 heterocycles. The molecule has 28 heavy (non-hydrogen) atoms. The molecule has 0 saturated heterocycles. The molecule has 0 spiro atoms. The first-order valence-electron chi connectivity index (χ1n) is 8.33. The highest BCUT2D eigenvalue weighted by atomic mass is 19.1. The van der Waals surface area contributed by atoms with Crippen molar-refractivity contribution in [3.8, 4) is 23.0 Å². The van der Waals surface area contributed by atoms with Crippen LogP contribution in [0.1, 0.15) is 11.3 Å². The Balaban J connectivity index is 1.50. The summed E-state index contributed by atoms with van der Waals surface area (Å²) in [6, 6.07) is 11.9. The Labute approximate surface area is 158 Å². The van der Waals surface area contributed by atoms with Crippen LogP contribution in [0.2, 0.25) is 0 Å². The van der Waals surface area contributed by atoms with Crippen LogP contribution in [0.4, 0.5) is 14.6 Å². The number of hydrogen-bond donors (Lipinski definition) is 1. The van der Waals surface area contributed by atoms with E-state index in [1.807, 2.05) is 0 Å². The van der Waals surface area contributed by atoms with Crippen LogP contribution < -0.4 is 10.5 Å². The van der Waals surface area contributed by atoms with Crippen molar-refractivity contribution >= 4 is 5.82 Å². The third-order valence-corrected chi connectivity index (χ3v) is 3.92. The van der Waals surface area contributed by atoms with Crippen LogP contribution in [0.25, 0.3) is 11.3 Å². The monoisotopic (exact) mass is 380 g/mol. The van der Waals surface area contributed by atoms with Crippen molar-refractivity contribution in [3.63, 3.8) is 0 Å². The molecule has 0 unspecified atom stereocenters. The molecule has 0 amide bonds. The van der Waals surface area contributed by atoms with E-state index in [-0.39, 0.29) is 11.6 Å². The minimum atomic E-state index is -0.665. The molecule has 3 aromatic heterocycles. The second kappa shape index (κ2) is 7.43. The van der Waals surface area contributed by atoms with E-state index in [9.17, 15) is 8.78 Å². The average molecular weight is 380 g/mol. The van der Waals surface area contributed by atoms with Gasteiger partial charge >= 0.3 is 0 Å². The first-order chi connectivity index (χ1) is 13.6. The first-order valence-corrected chi connectivity index (χ1v) is 8.33. The van der Waals surface area contributed by atoms with Crippen LogP contribution in [0.3, 0.4) is 0 Å². The summed E-state index contributed by atoms with van der Waals surface area (Å²) in [5.74, 6) is -0.419. The summed E-state index contributed by atoms with van der Waals surface area (Å²) < 4.78 is 38.1. The molecule has 4 aromatic rings. The van der Waals surface area contributed by atoms with Crippen LogP contribution >= 0.6 is 0 Å². The maximum Gasteiger partial charge on any atom is 0.255 e. The lowest BCUT2D eigenvalue weighted by Gasteiger charge is -2.06. The molecule has 0 atom stereocenters. The van der Waals surface area contributed by atoms with Crippen molar-refractivity contribution in [2.24, 2.45) is 0 Å². The fraction of sp³-hybridized carbons (Fsp3) is 0.0500. The van der Waals surface area contributed by atoms with Crippen molar-refractivity contribution < 1.29 is 18.0 Å². The number of nitrogens with two attached hydrogens (primary N) is 1. The first kappa shape index (κ1) is 17.6. The van der Waals surface area contributed by atoms with E-state index in [2.05, 4.69) is 15.1 Å². The van der Waals surface area contributed by atoms with E-state index in [1.165, 1.54) is 30.5 Å². The second-order valence-electron chi connectivity index (χ2n) is 5.99. The molecule has 0 radical (unpaired) electrons. The number of rotatable bonds is 5. The maximum atomic E-state index is 14.3. The highest BCUT2D eigenvalue weighted by Crippen LogP contribution is 2.27. The lowest BCUT2D eigenvalue weighted by Crippen LogP contribution is -1.96. The number of benzene rings is 1. The van der Waals surface area contributed by atoms with Crippen molar-refractivity contribution in [1.29, 1.82) is 0 Å². The van der Waals surface area contributed by atoms with Gasteiger partial charge in [-0.3, -0.25) is 0 Å². The number of nitrogens with zero attached hydrogens (tertiary/aromatic N) is 3. The Hall–Kier alpha value is -3.81. The number of aromatic nitrogens is 3. The maximum absolute atomic E-state index is 14.3. The summed E-state index contributed by atoms with van der Waals surface area (Å²) in [5.41, 5.74) is 7.61. The Morgan fingerprint density at radius 2 is 1.93 bits per heavy atom. The molecular formula is C20H14F2N4O2. The summed E-state index contributed by atoms with van der Waals surface area (Å²) in [4.78, 5) is 7.97. The minimum absolute atomic E-state index is 0.161. The second-order valence-corrected chi connectivity index (χ2v) is 5.99. The normalized spacial score (nSPS) is 10.8. The van der Waals surface area contributed by atoms with Crippen molar-refractivity contribution in [2.75, 3.05) is 5.73 Å². The van der Waals surface area contributed by atoms with E-state index < -0.39 is 11.6 Å². The summed E-state index contributed by atoms with van der Waals surface area (Å²) in [6.45, 7) is 0. The van der Waals surface area contributed by atoms with Gasteiger partial charge < -0.3 is 15.0 Å². The molecule has 0 saturated carbocycles. The number of hydrogen-bond acceptors (Lipinski definition) is 6. The van der Waals surface area contributed by atoms with Gasteiger partial charge in [-0.05, 0) is 35.9 Å². The third-order valence-electron chi connectivity index (χ3n) is 3.92. The Kier molecular flexibility index (Phi) is 4.67. The van der Waals surface area contributed by atoms with Gasteiger partial charge in [-0.25, -0.2) is 18.7 Å². The molecule has 0 bridgehead atoms. The summed E-state index contributed by atoms with van der Waals surface area (Å²) in [6.07, 6.45) is 3.34. The number of nitrogen functional groups attached to an aromatic ring is 1. The molecule has 0 aliphatic rings. The Morgan fingerprint density at radius 3 is 2.71 bits per heavy atom. The fourth-order valence-electron chi connectivity index (χ4n) is 2.64. The summed E-state index contributed by atoms with van der Waals surface area (Å²) in [5, 5.41) is 3.98. The minimum Gasteiger partial charge on any atom is -0.436 e. The van der Waals surface area contributed by atoms with Gasteiger partial charge in [0.15, 0.2) is 11.6 Å². The van der Waals surface area contributed by atoms with Crippen molar-refractivity contribution in [3.05, 3.63) is 83.8 Å². The van der Waals surface area contributed by atoms with E-state index in [4.69, 9.17) is 15.0 Å². The predicted octanol–water partition coefficient (Wildman–Crippen LogP) is 4.38.